The van der Waals surface area contributed by atoms with Crippen LogP contribution in [0.25, 0.3) is 0 Å². The van der Waals surface area contributed by atoms with Crippen LogP contribution in [-0.2, 0) is 18.4 Å². The average molecular weight is 327 g/mol. The van der Waals surface area contributed by atoms with Crippen molar-refractivity contribution in [1.82, 2.24) is 4.97 Å². The van der Waals surface area contributed by atoms with Crippen molar-refractivity contribution in [1.29, 1.82) is 0 Å². The van der Waals surface area contributed by atoms with Gasteiger partial charge >= 0.3 is 7.60 Å². The Labute approximate surface area is 134 Å². The van der Waals surface area contributed by atoms with Gasteiger partial charge in [0.25, 0.3) is 8.05 Å². The predicted molar refractivity (Wildman–Crippen MR) is 91.2 cm³/mol. The van der Waals surface area contributed by atoms with Crippen LogP contribution in [0.3, 0.4) is 0 Å². The zero-order valence-corrected chi connectivity index (χ0v) is 14.8. The Balaban J connectivity index is 2.76. The van der Waals surface area contributed by atoms with Crippen molar-refractivity contribution in [2.24, 2.45) is 0 Å². The van der Waals surface area contributed by atoms with E-state index >= 15 is 0 Å². The lowest BCUT2D eigenvalue weighted by molar-refractivity contribution is 0.0118. The standard InChI is InChI=1S/C13H24B2NO5P/c1-4-19-22(17,20-5-2)10-18-13-8-6-7-12(9-13)11(3)16(14)21-15/h6-9,11H,4-5,10,14-15H2,1-3H3. The molecule has 1 unspecified atom stereocenters. The summed E-state index contributed by atoms with van der Waals surface area (Å²) < 4.78 is 33.6. The average Bonchev–Trinajstić information content (AvgIpc) is 2.52. The smallest absolute Gasteiger partial charge is 0.367 e. The van der Waals surface area contributed by atoms with Gasteiger partial charge in [-0.2, -0.15) is 0 Å². The Morgan fingerprint density at radius 1 is 1.27 bits per heavy atom. The Bertz CT molecular complexity index is 495. The van der Waals surface area contributed by atoms with Crippen LogP contribution >= 0.6 is 7.60 Å². The molecule has 122 valence electrons. The van der Waals surface area contributed by atoms with Gasteiger partial charge in [0, 0.05) is 6.04 Å². The minimum absolute atomic E-state index is 0.0686. The van der Waals surface area contributed by atoms with Crippen molar-refractivity contribution < 1.29 is 23.1 Å². The summed E-state index contributed by atoms with van der Waals surface area (Å²) in [4.78, 5) is 1.74. The topological polar surface area (TPSA) is 57.2 Å². The number of nitrogens with zero attached hydrogens (tertiary/aromatic N) is 1. The molecule has 0 radical (unpaired) electrons. The third-order valence-corrected chi connectivity index (χ3v) is 4.96. The molecule has 0 spiro atoms. The van der Waals surface area contributed by atoms with E-state index in [2.05, 4.69) is 0 Å². The fourth-order valence-corrected chi connectivity index (χ4v) is 3.21. The molecule has 1 aromatic carbocycles. The van der Waals surface area contributed by atoms with Crippen LogP contribution in [0, 0.1) is 0 Å². The van der Waals surface area contributed by atoms with Crippen LogP contribution in [0.4, 0.5) is 0 Å². The van der Waals surface area contributed by atoms with Gasteiger partial charge in [0.15, 0.2) is 6.35 Å². The number of hydrogen-bond donors (Lipinski definition) is 0. The second kappa shape index (κ2) is 9.38. The van der Waals surface area contributed by atoms with Crippen LogP contribution in [0.2, 0.25) is 0 Å². The van der Waals surface area contributed by atoms with Crippen molar-refractivity contribution in [3.63, 3.8) is 0 Å². The highest BCUT2D eigenvalue weighted by Crippen LogP contribution is 2.47. The first kappa shape index (κ1) is 19.3. The normalized spacial score (nSPS) is 13.3. The monoisotopic (exact) mass is 327 g/mol. The molecule has 1 rings (SSSR count). The second-order valence-corrected chi connectivity index (χ2v) is 6.69. The Kier molecular flexibility index (Phi) is 8.21. The molecule has 0 saturated carbocycles. The fraction of sp³-hybridized carbons (Fsp3) is 0.538. The van der Waals surface area contributed by atoms with Gasteiger partial charge < -0.3 is 18.5 Å². The van der Waals surface area contributed by atoms with Crippen LogP contribution < -0.4 is 4.74 Å². The first-order valence-corrected chi connectivity index (χ1v) is 9.06. The summed E-state index contributed by atoms with van der Waals surface area (Å²) in [6, 6.07) is 7.64. The van der Waals surface area contributed by atoms with Gasteiger partial charge in [0.2, 0.25) is 7.98 Å². The Morgan fingerprint density at radius 2 is 1.91 bits per heavy atom. The number of hydroxylamine groups is 1. The van der Waals surface area contributed by atoms with E-state index in [1.807, 2.05) is 39.2 Å². The van der Waals surface area contributed by atoms with Gasteiger partial charge in [-0.3, -0.25) is 9.54 Å². The summed E-state index contributed by atoms with van der Waals surface area (Å²) in [5.74, 6) is 0.619. The maximum absolute atomic E-state index is 12.4. The van der Waals surface area contributed by atoms with Crippen LogP contribution in [0.15, 0.2) is 24.3 Å². The van der Waals surface area contributed by atoms with Gasteiger partial charge in [-0.25, -0.2) is 0 Å². The lowest BCUT2D eigenvalue weighted by Gasteiger charge is -2.24. The van der Waals surface area contributed by atoms with Crippen molar-refractivity contribution in [3.05, 3.63) is 29.8 Å². The molecule has 0 saturated heterocycles. The molecule has 1 aromatic rings. The summed E-state index contributed by atoms with van der Waals surface area (Å²) in [6.45, 7) is 6.20. The summed E-state index contributed by atoms with van der Waals surface area (Å²) >= 11 is 0. The lowest BCUT2D eigenvalue weighted by atomic mass is 10.1. The van der Waals surface area contributed by atoms with Gasteiger partial charge in [0.1, 0.15) is 5.75 Å². The molecule has 1 atom stereocenters. The van der Waals surface area contributed by atoms with Gasteiger partial charge in [-0.15, -0.1) is 0 Å². The molecule has 0 aliphatic heterocycles. The molecule has 0 aliphatic rings. The lowest BCUT2D eigenvalue weighted by Crippen LogP contribution is -2.23. The molecule has 0 amide bonds. The molecule has 22 heavy (non-hydrogen) atoms. The number of hydrogen-bond acceptors (Lipinski definition) is 6. The quantitative estimate of drug-likeness (QED) is 0.370. The minimum atomic E-state index is -3.21. The van der Waals surface area contributed by atoms with E-state index in [1.165, 1.54) is 0 Å². The largest absolute Gasteiger partial charge is 0.481 e. The molecule has 9 heteroatoms. The van der Waals surface area contributed by atoms with Crippen molar-refractivity contribution in [3.8, 4) is 5.75 Å². The molecule has 0 aliphatic carbocycles. The van der Waals surface area contributed by atoms with Gasteiger partial charge in [-0.1, -0.05) is 12.1 Å². The highest BCUT2D eigenvalue weighted by Gasteiger charge is 2.24. The molecule has 0 heterocycles. The van der Waals surface area contributed by atoms with Crippen LogP contribution in [0.5, 0.6) is 5.75 Å². The van der Waals surface area contributed by atoms with E-state index in [0.29, 0.717) is 19.0 Å². The van der Waals surface area contributed by atoms with E-state index in [-0.39, 0.29) is 12.4 Å². The minimum Gasteiger partial charge on any atom is -0.481 e. The number of rotatable bonds is 10. The van der Waals surface area contributed by atoms with E-state index in [1.54, 1.807) is 26.9 Å². The Hall–Kier alpha value is -0.780. The van der Waals surface area contributed by atoms with Gasteiger partial charge in [0.05, 0.1) is 13.2 Å². The molecule has 0 bridgehead atoms. The molecule has 0 aromatic heterocycles. The summed E-state index contributed by atoms with van der Waals surface area (Å²) in [6.07, 6.45) is -0.105. The van der Waals surface area contributed by atoms with Crippen LogP contribution in [0.1, 0.15) is 32.4 Å². The molecular weight excluding hydrogens is 303 g/mol. The zero-order valence-electron chi connectivity index (χ0n) is 13.9. The second-order valence-electron chi connectivity index (χ2n) is 4.70. The number of benzene rings is 1. The van der Waals surface area contributed by atoms with Crippen molar-refractivity contribution >= 4 is 23.6 Å². The highest BCUT2D eigenvalue weighted by atomic mass is 31.2. The third-order valence-electron chi connectivity index (χ3n) is 3.21. The summed E-state index contributed by atoms with van der Waals surface area (Å²) in [7, 11) is 0.274. The Morgan fingerprint density at radius 3 is 2.45 bits per heavy atom. The SMILES string of the molecule is BON(B)C(C)c1cccc(OCP(=O)(OCC)OCC)c1. The number of ether oxygens (including phenoxy) is 1. The molecule has 0 fully saturated rings. The zero-order chi connectivity index (χ0) is 16.6. The van der Waals surface area contributed by atoms with E-state index in [0.717, 1.165) is 5.56 Å². The van der Waals surface area contributed by atoms with E-state index < -0.39 is 7.60 Å². The summed E-state index contributed by atoms with van der Waals surface area (Å²) in [5.41, 5.74) is 1.03. The molecule has 6 nitrogen and oxygen atoms in total. The van der Waals surface area contributed by atoms with E-state index in [4.69, 9.17) is 18.5 Å². The molecule has 0 N–H and O–H groups in total. The first-order chi connectivity index (χ1) is 10.5. The van der Waals surface area contributed by atoms with Gasteiger partial charge in [-0.05, 0) is 38.5 Å². The van der Waals surface area contributed by atoms with Crippen molar-refractivity contribution in [2.75, 3.05) is 19.6 Å². The fourth-order valence-electron chi connectivity index (χ4n) is 1.89. The van der Waals surface area contributed by atoms with E-state index in [9.17, 15) is 4.57 Å². The third kappa shape index (κ3) is 5.78. The predicted octanol–water partition coefficient (Wildman–Crippen LogP) is 1.68. The highest BCUT2D eigenvalue weighted by molar-refractivity contribution is 7.53. The first-order valence-electron chi connectivity index (χ1n) is 7.33. The van der Waals surface area contributed by atoms with Crippen molar-refractivity contribution in [2.45, 2.75) is 26.8 Å². The van der Waals surface area contributed by atoms with Crippen LogP contribution in [-0.4, -0.2) is 40.6 Å². The maximum Gasteiger partial charge on any atom is 0.367 e. The maximum atomic E-state index is 12.4. The summed E-state index contributed by atoms with van der Waals surface area (Å²) in [5, 5.41) is 0. The molecular formula is C13H24B2NO5P.